The van der Waals surface area contributed by atoms with Crippen molar-refractivity contribution in [1.29, 1.82) is 0 Å². The number of likely N-dealkylation sites (tertiary alicyclic amines) is 5. The van der Waals surface area contributed by atoms with E-state index in [2.05, 4.69) is 213 Å². The number of rotatable bonds is 40. The Kier molecular flexibility index (Phi) is 35.4. The van der Waals surface area contributed by atoms with Gasteiger partial charge in [0.1, 0.15) is 41.6 Å². The predicted molar refractivity (Wildman–Crippen MR) is 579 cm³/mol. The number of aromatic nitrogens is 20. The first-order valence-corrected chi connectivity index (χ1v) is 53.3. The number of fused-ring (bicyclic) bond motifs is 5. The van der Waals surface area contributed by atoms with Crippen molar-refractivity contribution in [2.24, 2.45) is 11.8 Å². The third-order valence-electron chi connectivity index (χ3n) is 28.6. The first-order valence-electron chi connectivity index (χ1n) is 53.3. The van der Waals surface area contributed by atoms with Crippen molar-refractivity contribution in [3.8, 4) is 30.1 Å². The molecule has 7 aliphatic rings. The number of aryl methyl sites for hydroxylation is 3. The molecule has 2 saturated carbocycles. The zero-order valence-electron chi connectivity index (χ0n) is 87.8. The smallest absolute Gasteiger partial charge is 0.330 e. The second-order valence-corrected chi connectivity index (χ2v) is 40.8. The highest BCUT2D eigenvalue weighted by Crippen LogP contribution is 2.36. The van der Waals surface area contributed by atoms with Crippen molar-refractivity contribution >= 4 is 84.9 Å². The Bertz CT molecular complexity index is 7180. The van der Waals surface area contributed by atoms with Gasteiger partial charge in [-0.05, 0) is 237 Å². The van der Waals surface area contributed by atoms with Crippen LogP contribution in [0.3, 0.4) is 0 Å². The highest BCUT2D eigenvalue weighted by atomic mass is 19.1. The number of piperidine rings is 1. The number of hydrogen-bond acceptors (Lipinski definition) is 32. The standard InChI is InChI=1S/C23H32N6O2.C23H30N6O.C22H29FN6O3.C21H28N6O2.C21H26N6O/c1-3-5-13-31-22-25-20(24)19-21(26-22)29(23(30)28(19)4-2)16-18-10-8-9-17(14-18)15-27-11-6-7-12-27;1-16-25-20-21(24)26-23(30-12-9-17-7-8-17)27-22(20)29(16)15-19-6-4-5-18(13-19)14-28-10-2-3-11-28;1-22(23)6-8-28(9-7-22)13-15-4-3-5-16(12-15)14-29-19-17(25-21(29)30)18(24)26-20(27-19)32-11-10-31-2;1-15-23-18-19(22)24-21(29-11-10-28-2)25-20(18)27(15)14-17-7-5-6-16(12-17)13-26-8-3-4-9-26;22-19-18-20(25-21(24-19)28-13-15-6-7-15)27(14-23-18)12-17-5-3-4-16(10-17)11-26-8-1-2-9-26/h8-10,14H,3-7,11-13,15-16H2,1-2H3,(H2,24,25,26);4-6,13,17H,2-3,7-12,14-15H2,1H3,(H2,24,26,27);3-5,12H,6-11,13-14H2,1-2H3,(H,25,30)(H2,24,26,27);5-7,12H,3-4,8-11,13-14H2,1-2H3,(H2,22,24,25);3-5,10,14-15H,1-2,6-9,11-13H2,(H2,22,24,25). The highest BCUT2D eigenvalue weighted by molar-refractivity contribution is 5.86. The van der Waals surface area contributed by atoms with Crippen molar-refractivity contribution in [1.82, 2.24) is 122 Å². The van der Waals surface area contributed by atoms with E-state index in [0.717, 1.165) is 124 Å². The number of nitrogens with two attached hydrogens (primary N) is 5. The minimum atomic E-state index is -1.06. The number of nitrogens with zero attached hydrogens (tertiary/aromatic N) is 24. The number of nitrogens with one attached hydrogen (secondary N) is 1. The van der Waals surface area contributed by atoms with Gasteiger partial charge in [0, 0.05) is 66.6 Å². The number of nitrogen functional groups attached to an aromatic ring is 5. The van der Waals surface area contributed by atoms with Gasteiger partial charge in [0.25, 0.3) is 0 Å². The van der Waals surface area contributed by atoms with Gasteiger partial charge in [0.2, 0.25) is 0 Å². The molecule has 150 heavy (non-hydrogen) atoms. The SMILES string of the molecule is CCCCOc1nc(N)c2c(n1)n(Cc1cccc(CN3CCCC3)c1)c(=O)n2CC.COCCOc1nc(N)c2[nH]c(=O)n(Cc3cccc(CN4CCC(C)(F)CC4)c3)c2n1.COCCOc1nc(N)c2nc(C)n(Cc3cccc(CN4CCCC4)c3)c2n1.Cc1nc2c(N)nc(OCCC3CC3)nc2n1Cc1cccc(CN2CCCC2)c1.Nc1nc(OCC2CC2)nc2c1ncn2Cc1cccc(CN2CCCC2)c1. The maximum atomic E-state index is 14.1. The first kappa shape index (κ1) is 106. The van der Waals surface area contributed by atoms with Crippen LogP contribution in [-0.2, 0) is 81.5 Å². The molecule has 11 N–H and O–H groups in total. The lowest BCUT2D eigenvalue weighted by molar-refractivity contribution is 0.0704. The first-order chi connectivity index (χ1) is 73.0. The summed E-state index contributed by atoms with van der Waals surface area (Å²) >= 11 is 0. The van der Waals surface area contributed by atoms with Crippen LogP contribution in [0.5, 0.6) is 30.1 Å². The van der Waals surface area contributed by atoms with Gasteiger partial charge in [-0.25, -0.2) is 28.9 Å². The minimum Gasteiger partial charge on any atom is -0.463 e. The van der Waals surface area contributed by atoms with Crippen molar-refractivity contribution in [3.05, 3.63) is 216 Å². The quantitative estimate of drug-likeness (QED) is 0.0194. The maximum absolute atomic E-state index is 14.1. The summed E-state index contributed by atoms with van der Waals surface area (Å²) in [5, 5.41) is 0. The molecule has 39 nitrogen and oxygen atoms in total. The largest absolute Gasteiger partial charge is 0.463 e. The van der Waals surface area contributed by atoms with Gasteiger partial charge < -0.3 is 80.5 Å². The summed E-state index contributed by atoms with van der Waals surface area (Å²) in [6.07, 6.45) is 21.3. The molecule has 5 saturated heterocycles. The zero-order valence-corrected chi connectivity index (χ0v) is 87.8. The number of hydrogen-bond donors (Lipinski definition) is 6. The molecular weight excluding hydrogens is 1900 g/mol. The lowest BCUT2D eigenvalue weighted by atomic mass is 9.95. The number of H-pyrrole nitrogens is 1. The number of imidazole rings is 5. The molecule has 0 radical (unpaired) electrons. The van der Waals surface area contributed by atoms with Crippen LogP contribution in [0.4, 0.5) is 33.5 Å². The van der Waals surface area contributed by atoms with Crippen LogP contribution in [0.15, 0.2) is 137 Å². The maximum Gasteiger partial charge on any atom is 0.330 e. The van der Waals surface area contributed by atoms with E-state index in [1.807, 2.05) is 43.5 Å². The van der Waals surface area contributed by atoms with Crippen molar-refractivity contribution in [2.75, 3.05) is 155 Å². The number of benzene rings is 5. The topological polar surface area (TPSA) is 458 Å². The number of ether oxygens (including phenoxy) is 7. The van der Waals surface area contributed by atoms with Gasteiger partial charge >= 0.3 is 41.4 Å². The Morgan fingerprint density at radius 2 is 0.733 bits per heavy atom. The summed E-state index contributed by atoms with van der Waals surface area (Å²) in [6, 6.07) is 44.1. The lowest BCUT2D eigenvalue weighted by Gasteiger charge is -2.34. The highest BCUT2D eigenvalue weighted by Gasteiger charge is 2.32. The Balaban J connectivity index is 0.000000122. The average molecular weight is 2050 g/mol. The fourth-order valence-corrected chi connectivity index (χ4v) is 20.0. The van der Waals surface area contributed by atoms with Crippen LogP contribution < -0.4 is 63.7 Å². The van der Waals surface area contributed by atoms with Crippen molar-refractivity contribution in [3.63, 3.8) is 0 Å². The molecule has 40 heteroatoms. The summed E-state index contributed by atoms with van der Waals surface area (Å²) in [7, 11) is 3.20. The van der Waals surface area contributed by atoms with Crippen LogP contribution in [0, 0.1) is 25.7 Å². The minimum absolute atomic E-state index is 0.0958. The summed E-state index contributed by atoms with van der Waals surface area (Å²) in [4.78, 5) is 98.3. The van der Waals surface area contributed by atoms with E-state index >= 15 is 0 Å². The molecule has 796 valence electrons. The van der Waals surface area contributed by atoms with Crippen LogP contribution >= 0.6 is 0 Å². The second kappa shape index (κ2) is 50.2. The fraction of sp³-hybridized carbons (Fsp3) is 0.500. The fourth-order valence-electron chi connectivity index (χ4n) is 20.0. The number of anilines is 5. The van der Waals surface area contributed by atoms with Crippen molar-refractivity contribution < 1.29 is 37.5 Å². The Morgan fingerprint density at radius 3 is 1.16 bits per heavy atom. The lowest BCUT2D eigenvalue weighted by Crippen LogP contribution is -2.39. The number of halogens is 1. The molecule has 0 bridgehead atoms. The molecule has 10 aromatic heterocycles. The van der Waals surface area contributed by atoms with E-state index in [9.17, 15) is 14.0 Å². The molecule has 0 amide bonds. The Labute approximate surface area is 873 Å². The molecule has 5 aromatic carbocycles. The molecule has 0 atom stereocenters. The van der Waals surface area contributed by atoms with Gasteiger partial charge in [0.05, 0.1) is 72.1 Å². The van der Waals surface area contributed by atoms with E-state index in [1.54, 1.807) is 36.6 Å². The van der Waals surface area contributed by atoms with Crippen molar-refractivity contribution in [2.45, 2.75) is 221 Å². The summed E-state index contributed by atoms with van der Waals surface area (Å²) in [6.45, 7) is 32.0. The molecule has 15 aromatic rings. The van der Waals surface area contributed by atoms with E-state index < -0.39 is 5.67 Å². The van der Waals surface area contributed by atoms with Crippen LogP contribution in [0.2, 0.25) is 0 Å². The number of alkyl halides is 1. The zero-order chi connectivity index (χ0) is 104. The molecule has 0 unspecified atom stereocenters. The molecular formula is C110H145FN30O9. The van der Waals surface area contributed by atoms with E-state index in [1.165, 1.54) is 160 Å². The number of unbranched alkanes of at least 4 members (excludes halogenated alkanes) is 1. The van der Waals surface area contributed by atoms with E-state index in [0.29, 0.717) is 172 Å². The summed E-state index contributed by atoms with van der Waals surface area (Å²) in [5.41, 5.74) is 47.1. The molecule has 2 aliphatic carbocycles. The van der Waals surface area contributed by atoms with E-state index in [4.69, 9.17) is 61.8 Å². The van der Waals surface area contributed by atoms with Crippen LogP contribution in [0.1, 0.15) is 197 Å². The van der Waals surface area contributed by atoms with Gasteiger partial charge in [-0.1, -0.05) is 148 Å². The molecule has 15 heterocycles. The van der Waals surface area contributed by atoms with Gasteiger partial charge in [-0.2, -0.15) is 49.8 Å². The molecule has 5 aliphatic heterocycles. The van der Waals surface area contributed by atoms with E-state index in [-0.39, 0.29) is 47.7 Å². The van der Waals surface area contributed by atoms with Gasteiger partial charge in [-0.15, -0.1) is 0 Å². The third-order valence-corrected chi connectivity index (χ3v) is 28.6. The van der Waals surface area contributed by atoms with Crippen LogP contribution in [0.25, 0.3) is 55.8 Å². The average Bonchev–Trinajstić information content (AvgIpc) is 1.61. The summed E-state index contributed by atoms with van der Waals surface area (Å²) < 4.78 is 63.4. The van der Waals surface area contributed by atoms with Gasteiger partial charge in [0.15, 0.2) is 73.9 Å². The Morgan fingerprint density at radius 1 is 0.373 bits per heavy atom. The monoisotopic (exact) mass is 2050 g/mol. The number of aromatic amines is 1. The molecule has 7 fully saturated rings. The van der Waals surface area contributed by atoms with Gasteiger partial charge in [-0.3, -0.25) is 38.2 Å². The normalized spacial score (nSPS) is 16.0. The second-order valence-electron chi connectivity index (χ2n) is 40.8. The molecule has 0 spiro atoms. The predicted octanol–water partition coefficient (Wildman–Crippen LogP) is 13.9. The number of methoxy groups -OCH3 is 2. The van der Waals surface area contributed by atoms with Crippen LogP contribution in [-0.4, -0.2) is 253 Å². The third kappa shape index (κ3) is 28.0. The summed E-state index contributed by atoms with van der Waals surface area (Å²) in [5.74, 6) is 4.69. The Hall–Kier alpha value is -13.9. The molecule has 22 rings (SSSR count).